The lowest BCUT2D eigenvalue weighted by Crippen LogP contribution is -2.50. The average Bonchev–Trinajstić information content (AvgIpc) is 3.20. The molecule has 1 spiro atoms. The molecule has 0 unspecified atom stereocenters. The van der Waals surface area contributed by atoms with Crippen LogP contribution in [0.3, 0.4) is 0 Å². The van der Waals surface area contributed by atoms with Crippen LogP contribution in [0, 0.1) is 5.41 Å². The van der Waals surface area contributed by atoms with Crippen molar-refractivity contribution in [3.8, 4) is 0 Å². The minimum atomic E-state index is -0.194. The van der Waals surface area contributed by atoms with Crippen molar-refractivity contribution >= 4 is 22.4 Å². The molecule has 1 aromatic rings. The van der Waals surface area contributed by atoms with E-state index in [-0.39, 0.29) is 11.5 Å². The van der Waals surface area contributed by atoms with E-state index in [9.17, 15) is 9.90 Å². The fourth-order valence-electron chi connectivity index (χ4n) is 4.61. The Kier molecular flexibility index (Phi) is 4.05. The first-order valence-corrected chi connectivity index (χ1v) is 9.69. The molecule has 0 radical (unpaired) electrons. The van der Waals surface area contributed by atoms with Gasteiger partial charge in [0.15, 0.2) is 5.13 Å². The summed E-state index contributed by atoms with van der Waals surface area (Å²) in [6.45, 7) is 2.73. The van der Waals surface area contributed by atoms with Crippen molar-refractivity contribution in [3.63, 3.8) is 0 Å². The molecule has 0 bridgehead atoms. The number of carbonyl (C=O) groups excluding carboxylic acids is 1. The molecule has 0 aromatic carbocycles. The minimum absolute atomic E-state index is 0.159. The number of hydrogen-bond acceptors (Lipinski definition) is 5. The highest BCUT2D eigenvalue weighted by molar-refractivity contribution is 7.13. The first-order chi connectivity index (χ1) is 11.2. The molecule has 126 valence electrons. The van der Waals surface area contributed by atoms with Crippen LogP contribution < -0.4 is 4.90 Å². The minimum Gasteiger partial charge on any atom is -0.393 e. The number of hydrogen-bond donors (Lipinski definition) is 1. The highest BCUT2D eigenvalue weighted by Crippen LogP contribution is 2.43. The summed E-state index contributed by atoms with van der Waals surface area (Å²) in [5.41, 5.74) is -0.194. The van der Waals surface area contributed by atoms with Crippen molar-refractivity contribution < 1.29 is 9.90 Å². The second kappa shape index (κ2) is 6.06. The second-order valence-corrected chi connectivity index (χ2v) is 8.20. The van der Waals surface area contributed by atoms with E-state index in [1.165, 1.54) is 0 Å². The molecule has 2 saturated heterocycles. The molecule has 1 aromatic heterocycles. The van der Waals surface area contributed by atoms with Gasteiger partial charge in [-0.05, 0) is 44.9 Å². The van der Waals surface area contributed by atoms with Crippen LogP contribution in [0.1, 0.15) is 44.9 Å². The number of aliphatic hydroxyl groups excluding tert-OH is 1. The molecule has 4 rings (SSSR count). The summed E-state index contributed by atoms with van der Waals surface area (Å²) < 4.78 is 0. The maximum Gasteiger partial charge on any atom is 0.230 e. The van der Waals surface area contributed by atoms with E-state index < -0.39 is 0 Å². The van der Waals surface area contributed by atoms with Crippen molar-refractivity contribution in [2.75, 3.05) is 24.5 Å². The van der Waals surface area contributed by atoms with E-state index >= 15 is 0 Å². The molecule has 3 aliphatic rings. The summed E-state index contributed by atoms with van der Waals surface area (Å²) in [6.07, 6.45) is 8.34. The van der Waals surface area contributed by atoms with E-state index in [1.54, 1.807) is 11.3 Å². The molecular weight excluding hydrogens is 310 g/mol. The Balaban J connectivity index is 1.47. The average molecular weight is 335 g/mol. The van der Waals surface area contributed by atoms with Gasteiger partial charge in [0.05, 0.1) is 11.5 Å². The molecule has 1 aliphatic carbocycles. The van der Waals surface area contributed by atoms with Crippen LogP contribution in [0.2, 0.25) is 0 Å². The normalized spacial score (nSPS) is 35.3. The molecule has 3 heterocycles. The monoisotopic (exact) mass is 335 g/mol. The third-order valence-electron chi connectivity index (χ3n) is 5.92. The molecule has 2 aliphatic heterocycles. The number of likely N-dealkylation sites (tertiary alicyclic amines) is 1. The quantitative estimate of drug-likeness (QED) is 0.901. The number of aromatic nitrogens is 1. The lowest BCUT2D eigenvalue weighted by atomic mass is 9.78. The Morgan fingerprint density at radius 1 is 1.22 bits per heavy atom. The van der Waals surface area contributed by atoms with E-state index in [1.807, 2.05) is 11.6 Å². The van der Waals surface area contributed by atoms with Crippen molar-refractivity contribution in [2.45, 2.75) is 57.1 Å². The Labute approximate surface area is 141 Å². The zero-order chi connectivity index (χ0) is 15.9. The van der Waals surface area contributed by atoms with Gasteiger partial charge in [-0.2, -0.15) is 0 Å². The lowest BCUT2D eigenvalue weighted by Gasteiger charge is -2.40. The number of rotatable bonds is 2. The van der Waals surface area contributed by atoms with Crippen molar-refractivity contribution in [2.24, 2.45) is 5.41 Å². The smallest absolute Gasteiger partial charge is 0.230 e. The number of aliphatic hydroxyl groups is 1. The van der Waals surface area contributed by atoms with E-state index in [0.717, 1.165) is 69.7 Å². The van der Waals surface area contributed by atoms with Gasteiger partial charge < -0.3 is 14.9 Å². The Morgan fingerprint density at radius 2 is 2.04 bits per heavy atom. The third-order valence-corrected chi connectivity index (χ3v) is 6.75. The highest BCUT2D eigenvalue weighted by Gasteiger charge is 2.50. The summed E-state index contributed by atoms with van der Waals surface area (Å²) in [6, 6.07) is 0.348. The van der Waals surface area contributed by atoms with Crippen LogP contribution in [0.15, 0.2) is 11.6 Å². The number of nitrogens with zero attached hydrogens (tertiary/aromatic N) is 3. The van der Waals surface area contributed by atoms with Gasteiger partial charge in [0, 0.05) is 37.3 Å². The summed E-state index contributed by atoms with van der Waals surface area (Å²) in [5.74, 6) is 0.361. The zero-order valence-electron chi connectivity index (χ0n) is 13.5. The van der Waals surface area contributed by atoms with Crippen molar-refractivity contribution in [3.05, 3.63) is 11.6 Å². The highest BCUT2D eigenvalue weighted by atomic mass is 32.1. The molecular formula is C17H25N3O2S. The van der Waals surface area contributed by atoms with Crippen LogP contribution in [0.25, 0.3) is 0 Å². The van der Waals surface area contributed by atoms with E-state index in [2.05, 4.69) is 14.8 Å². The lowest BCUT2D eigenvalue weighted by molar-refractivity contribution is -0.139. The van der Waals surface area contributed by atoms with E-state index in [0.29, 0.717) is 11.9 Å². The van der Waals surface area contributed by atoms with Gasteiger partial charge in [-0.25, -0.2) is 4.98 Å². The summed E-state index contributed by atoms with van der Waals surface area (Å²) in [7, 11) is 0. The number of anilines is 1. The summed E-state index contributed by atoms with van der Waals surface area (Å²) in [5, 5.41) is 12.8. The number of amides is 1. The Bertz CT molecular complexity index is 556. The van der Waals surface area contributed by atoms with Gasteiger partial charge in [0.1, 0.15) is 0 Å². The van der Waals surface area contributed by atoms with Crippen LogP contribution in [-0.4, -0.2) is 52.7 Å². The van der Waals surface area contributed by atoms with Gasteiger partial charge in [0.2, 0.25) is 5.91 Å². The SMILES string of the molecule is O=C1N(C2CCC(O)CC2)CC[C@]12CCCN(c1nccs1)C2. The predicted molar refractivity (Wildman–Crippen MR) is 90.6 cm³/mol. The topological polar surface area (TPSA) is 56.7 Å². The van der Waals surface area contributed by atoms with Crippen molar-refractivity contribution in [1.82, 2.24) is 9.88 Å². The first kappa shape index (κ1) is 15.4. The summed E-state index contributed by atoms with van der Waals surface area (Å²) in [4.78, 5) is 22.1. The zero-order valence-corrected chi connectivity index (χ0v) is 14.3. The van der Waals surface area contributed by atoms with Crippen LogP contribution >= 0.6 is 11.3 Å². The third kappa shape index (κ3) is 2.76. The standard InChI is InChI=1S/C17H25N3O2S/c21-14-4-2-13(3-5-14)20-10-7-17(15(20)22)6-1-9-19(12-17)16-18-8-11-23-16/h8,11,13-14,21H,1-7,9-10,12H2/t13?,14?,17-/m0/s1. The maximum atomic E-state index is 13.2. The Morgan fingerprint density at radius 3 is 2.78 bits per heavy atom. The second-order valence-electron chi connectivity index (χ2n) is 7.33. The molecule has 1 atom stereocenters. The number of carbonyl (C=O) groups is 1. The van der Waals surface area contributed by atoms with Crippen LogP contribution in [0.4, 0.5) is 5.13 Å². The van der Waals surface area contributed by atoms with Gasteiger partial charge >= 0.3 is 0 Å². The van der Waals surface area contributed by atoms with Gasteiger partial charge in [-0.3, -0.25) is 4.79 Å². The van der Waals surface area contributed by atoms with Crippen LogP contribution in [-0.2, 0) is 4.79 Å². The predicted octanol–water partition coefficient (Wildman–Crippen LogP) is 2.27. The van der Waals surface area contributed by atoms with Gasteiger partial charge in [-0.15, -0.1) is 11.3 Å². The molecule has 5 nitrogen and oxygen atoms in total. The molecule has 1 amide bonds. The van der Waals surface area contributed by atoms with E-state index in [4.69, 9.17) is 0 Å². The van der Waals surface area contributed by atoms with Crippen molar-refractivity contribution in [1.29, 1.82) is 0 Å². The Hall–Kier alpha value is -1.14. The fourth-order valence-corrected chi connectivity index (χ4v) is 5.28. The number of thiazole rings is 1. The maximum absolute atomic E-state index is 13.2. The largest absolute Gasteiger partial charge is 0.393 e. The summed E-state index contributed by atoms with van der Waals surface area (Å²) >= 11 is 1.66. The van der Waals surface area contributed by atoms with Gasteiger partial charge in [-0.1, -0.05) is 0 Å². The molecule has 3 fully saturated rings. The molecule has 1 saturated carbocycles. The molecule has 1 N–H and O–H groups in total. The number of piperidine rings is 1. The first-order valence-electron chi connectivity index (χ1n) is 8.82. The van der Waals surface area contributed by atoms with Crippen LogP contribution in [0.5, 0.6) is 0 Å². The fraction of sp³-hybridized carbons (Fsp3) is 0.765. The molecule has 23 heavy (non-hydrogen) atoms. The van der Waals surface area contributed by atoms with Gasteiger partial charge in [0.25, 0.3) is 0 Å². The molecule has 6 heteroatoms.